The number of aryl methyl sites for hydroxylation is 1. The number of imidazole rings is 1. The van der Waals surface area contributed by atoms with E-state index < -0.39 is 0 Å². The second-order valence-corrected chi connectivity index (χ2v) is 2.71. The molecule has 0 atom stereocenters. The molecule has 16 heavy (non-hydrogen) atoms. The zero-order valence-electron chi connectivity index (χ0n) is 11.1. The van der Waals surface area contributed by atoms with Crippen LogP contribution < -0.4 is 4.74 Å². The fraction of sp³-hybridized carbons (Fsp3) is 0.462. The molecule has 0 unspecified atom stereocenters. The lowest BCUT2D eigenvalue weighted by Gasteiger charge is -1.98. The Kier molecular flexibility index (Phi) is 7.01. The van der Waals surface area contributed by atoms with Crippen LogP contribution in [-0.2, 0) is 0 Å². The van der Waals surface area contributed by atoms with Gasteiger partial charge in [0.2, 0.25) is 0 Å². The summed E-state index contributed by atoms with van der Waals surface area (Å²) in [5.74, 6) is 0.841. The molecule has 0 amide bonds. The smallest absolute Gasteiger partial charge is 0.140 e. The van der Waals surface area contributed by atoms with Crippen LogP contribution in [0.3, 0.4) is 0 Å². The lowest BCUT2D eigenvalue weighted by molar-refractivity contribution is 0.414. The maximum Gasteiger partial charge on any atom is 0.140 e. The Balaban J connectivity index is 0.000000509. The van der Waals surface area contributed by atoms with Crippen molar-refractivity contribution in [3.63, 3.8) is 0 Å². The number of ether oxygens (including phenoxy) is 1. The van der Waals surface area contributed by atoms with Crippen LogP contribution in [0, 0.1) is 6.92 Å². The van der Waals surface area contributed by atoms with Crippen LogP contribution in [0.5, 0.6) is 5.75 Å². The van der Waals surface area contributed by atoms with Crippen molar-refractivity contribution in [2.45, 2.75) is 34.6 Å². The molecule has 2 heterocycles. The van der Waals surface area contributed by atoms with E-state index in [4.69, 9.17) is 4.74 Å². The topological polar surface area (TPSA) is 26.5 Å². The van der Waals surface area contributed by atoms with Crippen molar-refractivity contribution >= 4 is 5.65 Å². The van der Waals surface area contributed by atoms with Crippen molar-refractivity contribution < 1.29 is 4.74 Å². The Morgan fingerprint density at radius 3 is 2.38 bits per heavy atom. The van der Waals surface area contributed by atoms with Crippen LogP contribution in [-0.4, -0.2) is 16.5 Å². The van der Waals surface area contributed by atoms with Gasteiger partial charge in [0.1, 0.15) is 11.4 Å². The molecule has 0 aliphatic heterocycles. The summed E-state index contributed by atoms with van der Waals surface area (Å²) in [6.45, 7) is 9.97. The maximum absolute atomic E-state index is 5.08. The number of hydrogen-bond donors (Lipinski definition) is 0. The largest absolute Gasteiger partial charge is 0.497 e. The van der Waals surface area contributed by atoms with E-state index in [2.05, 4.69) is 4.98 Å². The van der Waals surface area contributed by atoms with Crippen LogP contribution in [0.15, 0.2) is 24.5 Å². The highest BCUT2D eigenvalue weighted by atomic mass is 16.5. The Bertz CT molecular complexity index is 407. The van der Waals surface area contributed by atoms with Gasteiger partial charge in [-0.2, -0.15) is 0 Å². The van der Waals surface area contributed by atoms with Crippen molar-refractivity contribution in [1.29, 1.82) is 0 Å². The molecule has 0 saturated carbocycles. The van der Waals surface area contributed by atoms with E-state index in [1.165, 1.54) is 0 Å². The van der Waals surface area contributed by atoms with Gasteiger partial charge in [-0.15, -0.1) is 0 Å². The molecule has 3 heteroatoms. The SMILES string of the molecule is CC.CC.COc1ccn2cc(C)nc2c1. The predicted molar refractivity (Wildman–Crippen MR) is 69.2 cm³/mol. The quantitative estimate of drug-likeness (QED) is 0.735. The summed E-state index contributed by atoms with van der Waals surface area (Å²) in [6.07, 6.45) is 3.92. The molecular weight excluding hydrogens is 200 g/mol. The number of aromatic nitrogens is 2. The number of fused-ring (bicyclic) bond motifs is 1. The van der Waals surface area contributed by atoms with Crippen molar-refractivity contribution in [3.8, 4) is 5.75 Å². The van der Waals surface area contributed by atoms with Crippen LogP contribution in [0.1, 0.15) is 33.4 Å². The molecular formula is C13H22N2O. The number of rotatable bonds is 1. The minimum Gasteiger partial charge on any atom is -0.497 e. The van der Waals surface area contributed by atoms with Crippen LogP contribution in [0.2, 0.25) is 0 Å². The second kappa shape index (κ2) is 7.74. The molecule has 90 valence electrons. The summed E-state index contributed by atoms with van der Waals surface area (Å²) in [5.41, 5.74) is 1.94. The highest BCUT2D eigenvalue weighted by molar-refractivity contribution is 5.45. The zero-order chi connectivity index (χ0) is 12.6. The average Bonchev–Trinajstić information content (AvgIpc) is 2.73. The Morgan fingerprint density at radius 2 is 1.81 bits per heavy atom. The van der Waals surface area contributed by atoms with Gasteiger partial charge in [0.15, 0.2) is 0 Å². The number of nitrogens with zero attached hydrogens (tertiary/aromatic N) is 2. The molecule has 0 saturated heterocycles. The standard InChI is InChI=1S/C9H10N2O.2C2H6/c1-7-6-11-4-3-8(12-2)5-9(11)10-7;2*1-2/h3-6H,1-2H3;2*1-2H3. The van der Waals surface area contributed by atoms with Crippen LogP contribution >= 0.6 is 0 Å². The van der Waals surface area contributed by atoms with Crippen LogP contribution in [0.25, 0.3) is 5.65 Å². The molecule has 0 spiro atoms. The Labute approximate surface area is 98.1 Å². The van der Waals surface area contributed by atoms with E-state index >= 15 is 0 Å². The lowest BCUT2D eigenvalue weighted by Crippen LogP contribution is -1.85. The summed E-state index contributed by atoms with van der Waals surface area (Å²) in [6, 6.07) is 3.82. The van der Waals surface area contributed by atoms with E-state index in [9.17, 15) is 0 Å². The summed E-state index contributed by atoms with van der Waals surface area (Å²) in [4.78, 5) is 4.30. The molecule has 0 bridgehead atoms. The van der Waals surface area contributed by atoms with Crippen LogP contribution in [0.4, 0.5) is 0 Å². The van der Waals surface area contributed by atoms with E-state index in [0.717, 1.165) is 17.1 Å². The number of pyridine rings is 1. The minimum atomic E-state index is 0.841. The Morgan fingerprint density at radius 1 is 1.19 bits per heavy atom. The lowest BCUT2D eigenvalue weighted by atomic mass is 10.4. The monoisotopic (exact) mass is 222 g/mol. The third-order valence-corrected chi connectivity index (χ3v) is 1.79. The normalized spacial score (nSPS) is 8.62. The summed E-state index contributed by atoms with van der Waals surface area (Å²) >= 11 is 0. The van der Waals surface area contributed by atoms with E-state index in [-0.39, 0.29) is 0 Å². The first-order valence-electron chi connectivity index (χ1n) is 5.79. The third-order valence-electron chi connectivity index (χ3n) is 1.79. The number of methoxy groups -OCH3 is 1. The first-order chi connectivity index (χ1) is 7.79. The molecule has 0 fully saturated rings. The van der Waals surface area contributed by atoms with Gasteiger partial charge < -0.3 is 9.14 Å². The summed E-state index contributed by atoms with van der Waals surface area (Å²) < 4.78 is 7.05. The van der Waals surface area contributed by atoms with E-state index in [0.29, 0.717) is 0 Å². The molecule has 2 aromatic heterocycles. The van der Waals surface area contributed by atoms with Gasteiger partial charge in [0, 0.05) is 18.5 Å². The van der Waals surface area contributed by atoms with Gasteiger partial charge in [-0.1, -0.05) is 27.7 Å². The highest BCUT2D eigenvalue weighted by Gasteiger charge is 1.97. The first kappa shape index (κ1) is 14.5. The van der Waals surface area contributed by atoms with Gasteiger partial charge in [-0.25, -0.2) is 4.98 Å². The highest BCUT2D eigenvalue weighted by Crippen LogP contribution is 2.13. The van der Waals surface area contributed by atoms with Crippen molar-refractivity contribution in [2.24, 2.45) is 0 Å². The maximum atomic E-state index is 5.08. The van der Waals surface area contributed by atoms with Gasteiger partial charge >= 0.3 is 0 Å². The fourth-order valence-electron chi connectivity index (χ4n) is 1.22. The van der Waals surface area contributed by atoms with Gasteiger partial charge in [-0.3, -0.25) is 0 Å². The third kappa shape index (κ3) is 3.57. The predicted octanol–water partition coefficient (Wildman–Crippen LogP) is 3.70. The first-order valence-corrected chi connectivity index (χ1v) is 5.79. The Hall–Kier alpha value is -1.51. The summed E-state index contributed by atoms with van der Waals surface area (Å²) in [5, 5.41) is 0. The van der Waals surface area contributed by atoms with Crippen molar-refractivity contribution in [1.82, 2.24) is 9.38 Å². The summed E-state index contributed by atoms with van der Waals surface area (Å²) in [7, 11) is 1.65. The van der Waals surface area contributed by atoms with Crippen molar-refractivity contribution in [2.75, 3.05) is 7.11 Å². The van der Waals surface area contributed by atoms with Gasteiger partial charge in [-0.05, 0) is 13.0 Å². The van der Waals surface area contributed by atoms with E-state index in [1.807, 2.05) is 63.5 Å². The fourth-order valence-corrected chi connectivity index (χ4v) is 1.22. The molecule has 0 aliphatic rings. The zero-order valence-corrected chi connectivity index (χ0v) is 11.1. The molecule has 0 aliphatic carbocycles. The molecule has 2 rings (SSSR count). The van der Waals surface area contributed by atoms with Gasteiger partial charge in [0.05, 0.1) is 12.8 Å². The van der Waals surface area contributed by atoms with Crippen molar-refractivity contribution in [3.05, 3.63) is 30.2 Å². The van der Waals surface area contributed by atoms with Gasteiger partial charge in [0.25, 0.3) is 0 Å². The molecule has 3 nitrogen and oxygen atoms in total. The molecule has 0 radical (unpaired) electrons. The molecule has 2 aromatic rings. The number of hydrogen-bond acceptors (Lipinski definition) is 2. The minimum absolute atomic E-state index is 0.841. The average molecular weight is 222 g/mol. The second-order valence-electron chi connectivity index (χ2n) is 2.71. The molecule has 0 aromatic carbocycles. The molecule has 0 N–H and O–H groups in total. The van der Waals surface area contributed by atoms with E-state index in [1.54, 1.807) is 7.11 Å².